The minimum absolute atomic E-state index is 0.0913. The van der Waals surface area contributed by atoms with Crippen molar-refractivity contribution in [2.45, 2.75) is 31.3 Å². The van der Waals surface area contributed by atoms with Crippen LogP contribution in [0, 0.1) is 0 Å². The number of hydrogen-bond donors (Lipinski definition) is 1. The highest BCUT2D eigenvalue weighted by molar-refractivity contribution is 5.81. The lowest BCUT2D eigenvalue weighted by atomic mass is 10.1. The van der Waals surface area contributed by atoms with Gasteiger partial charge >= 0.3 is 0 Å². The fourth-order valence-electron chi connectivity index (χ4n) is 2.79. The van der Waals surface area contributed by atoms with Crippen LogP contribution in [0.25, 0.3) is 0 Å². The number of nitrogens with two attached hydrogens (primary N) is 1. The molecule has 2 rings (SSSR count). The van der Waals surface area contributed by atoms with Crippen molar-refractivity contribution in [1.82, 2.24) is 9.80 Å². The second-order valence-corrected chi connectivity index (χ2v) is 5.00. The van der Waals surface area contributed by atoms with Crippen LogP contribution < -0.4 is 5.73 Å². The Hall–Kier alpha value is -0.650. The van der Waals surface area contributed by atoms with Crippen molar-refractivity contribution in [3.8, 4) is 0 Å². The molecule has 0 aromatic heterocycles. The molecular weight excluding hydrogens is 218 g/mol. The number of ether oxygens (including phenoxy) is 1. The number of fused-ring (bicyclic) bond motifs is 1. The van der Waals surface area contributed by atoms with Gasteiger partial charge in [-0.05, 0) is 25.8 Å². The highest BCUT2D eigenvalue weighted by atomic mass is 16.5. The van der Waals surface area contributed by atoms with Gasteiger partial charge in [-0.25, -0.2) is 0 Å². The Kier molecular flexibility index (Phi) is 4.36. The average Bonchev–Trinajstić information content (AvgIpc) is 2.81. The summed E-state index contributed by atoms with van der Waals surface area (Å²) in [7, 11) is 1.63. The van der Waals surface area contributed by atoms with Gasteiger partial charge in [0.2, 0.25) is 5.91 Å². The zero-order valence-corrected chi connectivity index (χ0v) is 10.6. The molecule has 2 N–H and O–H groups in total. The van der Waals surface area contributed by atoms with Crippen LogP contribution in [-0.2, 0) is 9.53 Å². The summed E-state index contributed by atoms with van der Waals surface area (Å²) in [6.07, 6.45) is 3.10. The highest BCUT2D eigenvalue weighted by Crippen LogP contribution is 2.21. The first-order chi connectivity index (χ1) is 8.22. The minimum atomic E-state index is -0.400. The second-order valence-electron chi connectivity index (χ2n) is 5.00. The number of carbonyl (C=O) groups excluding carboxylic acids is 1. The van der Waals surface area contributed by atoms with Crippen LogP contribution in [-0.4, -0.2) is 67.7 Å². The van der Waals surface area contributed by atoms with Gasteiger partial charge in [-0.15, -0.1) is 0 Å². The molecule has 0 aliphatic carbocycles. The molecule has 0 spiro atoms. The Morgan fingerprint density at radius 2 is 2.29 bits per heavy atom. The largest absolute Gasteiger partial charge is 0.385 e. The molecule has 17 heavy (non-hydrogen) atoms. The molecular formula is C12H23N3O2. The van der Waals surface area contributed by atoms with Crippen molar-refractivity contribution in [3.05, 3.63) is 0 Å². The zero-order valence-electron chi connectivity index (χ0n) is 10.6. The van der Waals surface area contributed by atoms with Crippen LogP contribution >= 0.6 is 0 Å². The Morgan fingerprint density at radius 1 is 1.47 bits per heavy atom. The molecule has 1 amide bonds. The van der Waals surface area contributed by atoms with E-state index in [0.717, 1.165) is 19.6 Å². The summed E-state index contributed by atoms with van der Waals surface area (Å²) in [5.74, 6) is 0.0913. The molecule has 2 unspecified atom stereocenters. The maximum Gasteiger partial charge on any atom is 0.239 e. The van der Waals surface area contributed by atoms with Gasteiger partial charge in [-0.1, -0.05) is 0 Å². The fraction of sp³-hybridized carbons (Fsp3) is 0.917. The Labute approximate surface area is 103 Å². The van der Waals surface area contributed by atoms with Crippen molar-refractivity contribution < 1.29 is 9.53 Å². The standard InChI is InChI=1S/C12H23N3O2/c1-17-8-4-11(13)12(16)15-7-6-14-5-2-3-10(14)9-15/h10-11H,2-9,13H2,1H3. The molecule has 2 heterocycles. The quantitative estimate of drug-likeness (QED) is 0.731. The molecule has 5 heteroatoms. The first kappa shape index (κ1) is 12.8. The molecule has 2 aliphatic rings. The predicted octanol–water partition coefficient (Wildman–Crippen LogP) is -0.343. The van der Waals surface area contributed by atoms with Crippen molar-refractivity contribution >= 4 is 5.91 Å². The Balaban J connectivity index is 1.83. The summed E-state index contributed by atoms with van der Waals surface area (Å²) >= 11 is 0. The fourth-order valence-corrected chi connectivity index (χ4v) is 2.79. The molecule has 5 nitrogen and oxygen atoms in total. The molecule has 0 radical (unpaired) electrons. The van der Waals surface area contributed by atoms with Gasteiger partial charge in [-0.2, -0.15) is 0 Å². The van der Waals surface area contributed by atoms with E-state index in [-0.39, 0.29) is 5.91 Å². The van der Waals surface area contributed by atoms with Crippen LogP contribution in [0.15, 0.2) is 0 Å². The van der Waals surface area contributed by atoms with Crippen LogP contribution in [0.5, 0.6) is 0 Å². The Bertz CT molecular complexity index is 272. The van der Waals surface area contributed by atoms with E-state index in [4.69, 9.17) is 10.5 Å². The Morgan fingerprint density at radius 3 is 3.06 bits per heavy atom. The van der Waals surface area contributed by atoms with E-state index in [1.165, 1.54) is 19.4 Å². The van der Waals surface area contributed by atoms with Gasteiger partial charge in [0.1, 0.15) is 0 Å². The van der Waals surface area contributed by atoms with Crippen LogP contribution in [0.2, 0.25) is 0 Å². The van der Waals surface area contributed by atoms with E-state index in [1.54, 1.807) is 7.11 Å². The third-order valence-electron chi connectivity index (χ3n) is 3.85. The SMILES string of the molecule is COCCC(N)C(=O)N1CCN2CCCC2C1. The summed E-state index contributed by atoms with van der Waals surface area (Å²) in [4.78, 5) is 16.5. The van der Waals surface area contributed by atoms with Crippen molar-refractivity contribution in [1.29, 1.82) is 0 Å². The summed E-state index contributed by atoms with van der Waals surface area (Å²) in [6.45, 7) is 4.45. The zero-order chi connectivity index (χ0) is 12.3. The van der Waals surface area contributed by atoms with Crippen LogP contribution in [0.4, 0.5) is 0 Å². The molecule has 98 valence electrons. The number of rotatable bonds is 4. The van der Waals surface area contributed by atoms with Gasteiger partial charge in [0, 0.05) is 39.4 Å². The van der Waals surface area contributed by atoms with Crippen LogP contribution in [0.3, 0.4) is 0 Å². The first-order valence-electron chi connectivity index (χ1n) is 6.49. The van der Waals surface area contributed by atoms with Crippen LogP contribution in [0.1, 0.15) is 19.3 Å². The monoisotopic (exact) mass is 241 g/mol. The molecule has 0 saturated carbocycles. The van der Waals surface area contributed by atoms with E-state index in [2.05, 4.69) is 4.90 Å². The summed E-state index contributed by atoms with van der Waals surface area (Å²) < 4.78 is 4.96. The molecule has 0 bridgehead atoms. The summed E-state index contributed by atoms with van der Waals surface area (Å²) in [6, 6.07) is 0.172. The first-order valence-corrected chi connectivity index (χ1v) is 6.49. The van der Waals surface area contributed by atoms with E-state index < -0.39 is 6.04 Å². The highest BCUT2D eigenvalue weighted by Gasteiger charge is 2.33. The number of methoxy groups -OCH3 is 1. The van der Waals surface area contributed by atoms with Gasteiger partial charge in [0.15, 0.2) is 0 Å². The lowest BCUT2D eigenvalue weighted by Gasteiger charge is -2.38. The third-order valence-corrected chi connectivity index (χ3v) is 3.85. The second kappa shape index (κ2) is 5.80. The normalized spacial score (nSPS) is 26.9. The lowest BCUT2D eigenvalue weighted by molar-refractivity contribution is -0.135. The van der Waals surface area contributed by atoms with E-state index >= 15 is 0 Å². The molecule has 2 aliphatic heterocycles. The summed E-state index contributed by atoms with van der Waals surface area (Å²) in [5, 5.41) is 0. The topological polar surface area (TPSA) is 58.8 Å². The number of amides is 1. The van der Waals surface area contributed by atoms with Gasteiger partial charge in [0.25, 0.3) is 0 Å². The van der Waals surface area contributed by atoms with E-state index in [9.17, 15) is 4.79 Å². The van der Waals surface area contributed by atoms with Crippen molar-refractivity contribution in [2.75, 3.05) is 39.9 Å². The maximum absolute atomic E-state index is 12.1. The predicted molar refractivity (Wildman–Crippen MR) is 65.6 cm³/mol. The summed E-state index contributed by atoms with van der Waals surface area (Å²) in [5.41, 5.74) is 5.89. The van der Waals surface area contributed by atoms with Crippen molar-refractivity contribution in [2.24, 2.45) is 5.73 Å². The van der Waals surface area contributed by atoms with Gasteiger partial charge in [0.05, 0.1) is 6.04 Å². The number of piperazine rings is 1. The number of hydrogen-bond acceptors (Lipinski definition) is 4. The maximum atomic E-state index is 12.1. The smallest absolute Gasteiger partial charge is 0.239 e. The molecule has 0 aromatic carbocycles. The molecule has 0 aromatic rings. The molecule has 2 atom stereocenters. The van der Waals surface area contributed by atoms with Gasteiger partial charge < -0.3 is 15.4 Å². The third kappa shape index (κ3) is 2.97. The van der Waals surface area contributed by atoms with E-state index in [1.807, 2.05) is 4.90 Å². The van der Waals surface area contributed by atoms with E-state index in [0.29, 0.717) is 19.1 Å². The minimum Gasteiger partial charge on any atom is -0.385 e. The van der Waals surface area contributed by atoms with Gasteiger partial charge in [-0.3, -0.25) is 9.69 Å². The van der Waals surface area contributed by atoms with Crippen molar-refractivity contribution in [3.63, 3.8) is 0 Å². The number of carbonyl (C=O) groups is 1. The molecule has 2 fully saturated rings. The number of nitrogens with zero attached hydrogens (tertiary/aromatic N) is 2. The average molecular weight is 241 g/mol. The lowest BCUT2D eigenvalue weighted by Crippen LogP contribution is -2.55. The molecule has 2 saturated heterocycles.